The second-order valence-corrected chi connectivity index (χ2v) is 63.1. The summed E-state index contributed by atoms with van der Waals surface area (Å²) in [5.74, 6) is 0. The molecular weight excluding hydrogens is 646 g/mol. The van der Waals surface area contributed by atoms with Crippen LogP contribution in [-0.2, 0) is 15.4 Å². The van der Waals surface area contributed by atoms with Gasteiger partial charge in [-0.15, -0.1) is 24.8 Å². The molecule has 0 saturated carbocycles. The number of benzene rings is 1. The second kappa shape index (κ2) is 9.43. The van der Waals surface area contributed by atoms with Crippen molar-refractivity contribution in [2.75, 3.05) is 0 Å². The van der Waals surface area contributed by atoms with E-state index in [1.807, 2.05) is 6.66 Å². The molecule has 3 rings (SSSR count). The first-order valence-corrected chi connectivity index (χ1v) is 34.7. The van der Waals surface area contributed by atoms with E-state index >= 15 is 0 Å². The van der Waals surface area contributed by atoms with Crippen molar-refractivity contribution in [3.8, 4) is 0 Å². The maximum absolute atomic E-state index is 3.67. The van der Waals surface area contributed by atoms with Gasteiger partial charge in [0.25, 0.3) is 0 Å². The van der Waals surface area contributed by atoms with Crippen molar-refractivity contribution in [1.82, 2.24) is 0 Å². The molecule has 0 amide bonds. The van der Waals surface area contributed by atoms with Crippen molar-refractivity contribution in [3.05, 3.63) is 71.4 Å². The average Bonchev–Trinajstić information content (AvgIpc) is 3.19. The number of rotatable bonds is 3. The standard InChI is InChI=1S/2C10H15.C6H5.CH3.2ClH.GeH2.Hf/c2*1-8-5-6-9(7-8)10(2,3)4;1-2-4-6-5-3-1;;;;;/h2*7H,6H2,1-4H3;1-5H;1H3;2*1H;1H2;. The SMILES string of the molecule is CC1=[C]([Hf]([CH3])(=[GeH2])([C]2=C(C)C=C(C(C)(C)C)C2)[c]2ccccc2)CC(C(C)(C)C)=C1.Cl.Cl. The Morgan fingerprint density at radius 1 is 0.710 bits per heavy atom. The molecule has 1 aromatic carbocycles. The molecule has 172 valence electrons. The third-order valence-corrected chi connectivity index (χ3v) is 51.9. The monoisotopic (exact) mass is 690 g/mol. The fourth-order valence-electron chi connectivity index (χ4n) is 5.39. The molecular formula is C27H42Cl2GeHf. The van der Waals surface area contributed by atoms with Gasteiger partial charge in [-0.3, -0.25) is 0 Å². The average molecular weight is 689 g/mol. The maximum Gasteiger partial charge on any atom is -0.147 e. The van der Waals surface area contributed by atoms with E-state index in [2.05, 4.69) is 103 Å². The molecule has 0 aliphatic heterocycles. The minimum atomic E-state index is -3.67. The molecule has 31 heavy (non-hydrogen) atoms. The summed E-state index contributed by atoms with van der Waals surface area (Å²) in [4.78, 5) is 0. The van der Waals surface area contributed by atoms with Crippen LogP contribution >= 0.6 is 24.8 Å². The summed E-state index contributed by atoms with van der Waals surface area (Å²) < 4.78 is 8.13. The zero-order valence-electron chi connectivity index (χ0n) is 21.0. The van der Waals surface area contributed by atoms with Crippen molar-refractivity contribution in [3.63, 3.8) is 0 Å². The molecule has 0 heterocycles. The topological polar surface area (TPSA) is 0 Å². The molecule has 2 aliphatic carbocycles. The van der Waals surface area contributed by atoms with Crippen molar-refractivity contribution in [1.29, 1.82) is 0 Å². The molecule has 0 fully saturated rings. The fourth-order valence-corrected chi connectivity index (χ4v) is 44.0. The summed E-state index contributed by atoms with van der Waals surface area (Å²) in [6.45, 7) is 19.1. The van der Waals surface area contributed by atoms with Gasteiger partial charge in [-0.1, -0.05) is 0 Å². The molecule has 0 N–H and O–H groups in total. The molecule has 4 heteroatoms. The molecule has 0 bridgehead atoms. The minimum absolute atomic E-state index is 0. The Hall–Kier alpha value is 0.173. The van der Waals surface area contributed by atoms with Gasteiger partial charge in [-0.2, -0.15) is 0 Å². The van der Waals surface area contributed by atoms with Crippen LogP contribution in [0.5, 0.6) is 0 Å². The van der Waals surface area contributed by atoms with Gasteiger partial charge in [0.2, 0.25) is 0 Å². The van der Waals surface area contributed by atoms with Gasteiger partial charge in [0.05, 0.1) is 0 Å². The van der Waals surface area contributed by atoms with Crippen molar-refractivity contribution in [2.45, 2.75) is 72.9 Å². The largest absolute Gasteiger partial charge is 0.147 e. The Balaban J connectivity index is 0.00000240. The van der Waals surface area contributed by atoms with Crippen LogP contribution in [0.2, 0.25) is 4.68 Å². The van der Waals surface area contributed by atoms with E-state index in [0.717, 1.165) is 0 Å². The Labute approximate surface area is 209 Å². The van der Waals surface area contributed by atoms with Gasteiger partial charge < -0.3 is 0 Å². The number of allylic oxidation sites excluding steroid dienone is 8. The molecule has 0 unspecified atom stereocenters. The first-order valence-electron chi connectivity index (χ1n) is 11.1. The Morgan fingerprint density at radius 3 is 1.35 bits per heavy atom. The van der Waals surface area contributed by atoms with Crippen LogP contribution in [0.25, 0.3) is 0 Å². The van der Waals surface area contributed by atoms with Crippen LogP contribution in [0.1, 0.15) is 68.2 Å². The normalized spacial score (nSPS) is 17.9. The van der Waals surface area contributed by atoms with Crippen LogP contribution < -0.4 is 3.32 Å². The molecule has 0 atom stereocenters. The summed E-state index contributed by atoms with van der Waals surface area (Å²) >= 11 is -2.26. The quantitative estimate of drug-likeness (QED) is 0.285. The Kier molecular flexibility index (Phi) is 8.89. The predicted octanol–water partition coefficient (Wildman–Crippen LogP) is 7.74. The van der Waals surface area contributed by atoms with E-state index in [0.29, 0.717) is 0 Å². The minimum Gasteiger partial charge on any atom is -0.147 e. The summed E-state index contributed by atoms with van der Waals surface area (Å²) in [5.41, 5.74) is 6.90. The number of halogens is 2. The molecule has 0 nitrogen and oxygen atoms in total. The zero-order valence-corrected chi connectivity index (χ0v) is 29.2. The first-order chi connectivity index (χ1) is 13.2. The third kappa shape index (κ3) is 5.15. The van der Waals surface area contributed by atoms with Gasteiger partial charge in [-0.25, -0.2) is 0 Å². The van der Waals surface area contributed by atoms with Gasteiger partial charge >= 0.3 is 186 Å². The van der Waals surface area contributed by atoms with Crippen LogP contribution in [0.4, 0.5) is 0 Å². The van der Waals surface area contributed by atoms with Crippen LogP contribution in [0, 0.1) is 10.8 Å². The van der Waals surface area contributed by atoms with E-state index in [-0.39, 0.29) is 35.6 Å². The van der Waals surface area contributed by atoms with Gasteiger partial charge in [-0.05, 0) is 0 Å². The molecule has 0 spiro atoms. The summed E-state index contributed by atoms with van der Waals surface area (Å²) in [7, 11) is 0. The van der Waals surface area contributed by atoms with Crippen molar-refractivity contribution in [2.24, 2.45) is 10.8 Å². The fraction of sp³-hybridized carbons (Fsp3) is 0.481. The van der Waals surface area contributed by atoms with E-state index in [9.17, 15) is 0 Å². The van der Waals surface area contributed by atoms with E-state index in [4.69, 9.17) is 0 Å². The Morgan fingerprint density at radius 2 is 1.06 bits per heavy atom. The molecule has 2 aliphatic rings. The second-order valence-electron chi connectivity index (χ2n) is 11.9. The van der Waals surface area contributed by atoms with Crippen molar-refractivity contribution < 1.29 is 15.4 Å². The summed E-state index contributed by atoms with van der Waals surface area (Å²) in [6, 6.07) is 11.7. The van der Waals surface area contributed by atoms with Crippen molar-refractivity contribution >= 4 is 40.4 Å². The molecule has 1 aromatic rings. The maximum atomic E-state index is 2.77. The van der Waals surface area contributed by atoms with Crippen LogP contribution in [0.3, 0.4) is 0 Å². The van der Waals surface area contributed by atoms with Gasteiger partial charge in [0.1, 0.15) is 0 Å². The third-order valence-electron chi connectivity index (χ3n) is 7.58. The smallest absolute Gasteiger partial charge is 0.147 e. The zero-order chi connectivity index (χ0) is 21.9. The number of hydrogen-bond donors (Lipinski definition) is 0. The van der Waals surface area contributed by atoms with E-state index < -0.39 is 15.4 Å². The summed E-state index contributed by atoms with van der Waals surface area (Å²) in [5, 5.41) is 0. The van der Waals surface area contributed by atoms with Gasteiger partial charge in [0.15, 0.2) is 0 Å². The van der Waals surface area contributed by atoms with E-state index in [1.54, 1.807) is 25.6 Å². The molecule has 0 radical (unpaired) electrons. The van der Waals surface area contributed by atoms with E-state index in [1.165, 1.54) is 25.1 Å². The van der Waals surface area contributed by atoms with Crippen LogP contribution in [0.15, 0.2) is 71.4 Å². The Bertz CT molecular complexity index is 981. The summed E-state index contributed by atoms with van der Waals surface area (Å²) in [6.07, 6.45) is 7.46. The first kappa shape index (κ1) is 29.2. The molecule has 0 aromatic heterocycles. The predicted molar refractivity (Wildman–Crippen MR) is 145 cm³/mol. The molecule has 0 saturated heterocycles. The van der Waals surface area contributed by atoms with Gasteiger partial charge in [0, 0.05) is 0 Å². The van der Waals surface area contributed by atoms with Crippen LogP contribution in [-0.4, -0.2) is 12.2 Å². The number of hydrogen-bond acceptors (Lipinski definition) is 0.